The maximum atomic E-state index is 3.47. The number of fused-ring (bicyclic) bond motifs is 1. The molecule has 0 amide bonds. The van der Waals surface area contributed by atoms with Crippen molar-refractivity contribution in [1.29, 1.82) is 0 Å². The first-order valence-electron chi connectivity index (χ1n) is 7.79. The van der Waals surface area contributed by atoms with Crippen LogP contribution in [-0.2, 0) is 0 Å². The molecule has 2 nitrogen and oxygen atoms in total. The second-order valence-electron chi connectivity index (χ2n) is 5.81. The van der Waals surface area contributed by atoms with Crippen molar-refractivity contribution in [2.24, 2.45) is 0 Å². The van der Waals surface area contributed by atoms with Gasteiger partial charge in [0.25, 0.3) is 0 Å². The minimum absolute atomic E-state index is 0.598. The SMILES string of the molecule is c1ccc(-c2cc3ccccc3n2C2CCNCC2)cc1. The molecule has 1 fully saturated rings. The predicted octanol–water partition coefficient (Wildman–Crippen LogP) is 4.23. The van der Waals surface area contributed by atoms with Gasteiger partial charge in [-0.1, -0.05) is 48.5 Å². The van der Waals surface area contributed by atoms with Crippen LogP contribution in [0.3, 0.4) is 0 Å². The van der Waals surface area contributed by atoms with Crippen molar-refractivity contribution in [3.05, 3.63) is 60.7 Å². The summed E-state index contributed by atoms with van der Waals surface area (Å²) in [7, 11) is 0. The molecule has 0 atom stereocenters. The molecule has 2 heteroatoms. The third-order valence-corrected chi connectivity index (χ3v) is 4.49. The predicted molar refractivity (Wildman–Crippen MR) is 88.5 cm³/mol. The van der Waals surface area contributed by atoms with Gasteiger partial charge in [0.2, 0.25) is 0 Å². The molecule has 4 rings (SSSR count). The van der Waals surface area contributed by atoms with Crippen molar-refractivity contribution < 1.29 is 0 Å². The van der Waals surface area contributed by atoms with E-state index in [0.717, 1.165) is 13.1 Å². The van der Waals surface area contributed by atoms with E-state index in [4.69, 9.17) is 0 Å². The molecule has 1 aliphatic rings. The average Bonchev–Trinajstić information content (AvgIpc) is 2.96. The molecule has 0 radical (unpaired) electrons. The molecule has 106 valence electrons. The molecule has 1 saturated heterocycles. The maximum Gasteiger partial charge on any atom is 0.0493 e. The number of rotatable bonds is 2. The number of piperidine rings is 1. The number of nitrogens with zero attached hydrogens (tertiary/aromatic N) is 1. The van der Waals surface area contributed by atoms with Crippen LogP contribution >= 0.6 is 0 Å². The summed E-state index contributed by atoms with van der Waals surface area (Å²) in [5.41, 5.74) is 4.03. The Labute approximate surface area is 125 Å². The van der Waals surface area contributed by atoms with Crippen LogP contribution in [-0.4, -0.2) is 17.7 Å². The van der Waals surface area contributed by atoms with E-state index in [9.17, 15) is 0 Å². The first-order valence-corrected chi connectivity index (χ1v) is 7.79. The van der Waals surface area contributed by atoms with Crippen LogP contribution in [0.15, 0.2) is 60.7 Å². The smallest absolute Gasteiger partial charge is 0.0493 e. The Kier molecular flexibility index (Phi) is 3.24. The quantitative estimate of drug-likeness (QED) is 0.741. The topological polar surface area (TPSA) is 17.0 Å². The average molecular weight is 276 g/mol. The summed E-state index contributed by atoms with van der Waals surface area (Å²) in [5, 5.41) is 4.81. The molecule has 2 heterocycles. The Bertz CT molecular complexity index is 737. The fourth-order valence-corrected chi connectivity index (χ4v) is 3.47. The molecule has 1 aromatic heterocycles. The fraction of sp³-hybridized carbons (Fsp3) is 0.263. The Morgan fingerprint density at radius 3 is 2.38 bits per heavy atom. The van der Waals surface area contributed by atoms with Crippen LogP contribution in [0.1, 0.15) is 18.9 Å². The van der Waals surface area contributed by atoms with Crippen molar-refractivity contribution in [1.82, 2.24) is 9.88 Å². The van der Waals surface area contributed by atoms with Gasteiger partial charge in [-0.15, -0.1) is 0 Å². The second kappa shape index (κ2) is 5.38. The van der Waals surface area contributed by atoms with E-state index in [2.05, 4.69) is 70.5 Å². The normalized spacial score (nSPS) is 16.4. The summed E-state index contributed by atoms with van der Waals surface area (Å²) < 4.78 is 2.56. The molecule has 0 saturated carbocycles. The van der Waals surface area contributed by atoms with Gasteiger partial charge < -0.3 is 9.88 Å². The second-order valence-corrected chi connectivity index (χ2v) is 5.81. The minimum Gasteiger partial charge on any atom is -0.337 e. The highest BCUT2D eigenvalue weighted by Crippen LogP contribution is 2.34. The minimum atomic E-state index is 0.598. The molecule has 21 heavy (non-hydrogen) atoms. The molecule has 0 bridgehead atoms. The van der Waals surface area contributed by atoms with Crippen LogP contribution < -0.4 is 5.32 Å². The monoisotopic (exact) mass is 276 g/mol. The van der Waals surface area contributed by atoms with Crippen molar-refractivity contribution in [2.75, 3.05) is 13.1 Å². The number of hydrogen-bond acceptors (Lipinski definition) is 1. The van der Waals surface area contributed by atoms with E-state index in [1.54, 1.807) is 0 Å². The van der Waals surface area contributed by atoms with E-state index < -0.39 is 0 Å². The number of nitrogens with one attached hydrogen (secondary N) is 1. The lowest BCUT2D eigenvalue weighted by atomic mass is 10.0. The van der Waals surface area contributed by atoms with E-state index in [1.807, 2.05) is 0 Å². The van der Waals surface area contributed by atoms with Crippen molar-refractivity contribution in [3.63, 3.8) is 0 Å². The van der Waals surface area contributed by atoms with Crippen LogP contribution in [0.2, 0.25) is 0 Å². The highest BCUT2D eigenvalue weighted by molar-refractivity contribution is 5.87. The highest BCUT2D eigenvalue weighted by Gasteiger charge is 2.20. The Morgan fingerprint density at radius 2 is 1.57 bits per heavy atom. The Morgan fingerprint density at radius 1 is 0.857 bits per heavy atom. The van der Waals surface area contributed by atoms with Gasteiger partial charge in [0, 0.05) is 22.6 Å². The summed E-state index contributed by atoms with van der Waals surface area (Å²) in [6.45, 7) is 2.23. The standard InChI is InChI=1S/C19H20N2/c1-2-6-15(7-3-1)19-14-16-8-4-5-9-18(16)21(19)17-10-12-20-13-11-17/h1-9,14,17,20H,10-13H2. The third-order valence-electron chi connectivity index (χ3n) is 4.49. The molecule has 0 unspecified atom stereocenters. The first-order chi connectivity index (χ1) is 10.4. The first kappa shape index (κ1) is 12.7. The van der Waals surface area contributed by atoms with Gasteiger partial charge in [-0.2, -0.15) is 0 Å². The zero-order valence-electron chi connectivity index (χ0n) is 12.1. The van der Waals surface area contributed by atoms with Gasteiger partial charge in [-0.05, 0) is 43.6 Å². The lowest BCUT2D eigenvalue weighted by molar-refractivity contribution is 0.378. The van der Waals surface area contributed by atoms with Crippen LogP contribution in [0, 0.1) is 0 Å². The molecule has 2 aromatic carbocycles. The van der Waals surface area contributed by atoms with Crippen molar-refractivity contribution in [3.8, 4) is 11.3 Å². The van der Waals surface area contributed by atoms with Crippen LogP contribution in [0.5, 0.6) is 0 Å². The van der Waals surface area contributed by atoms with Gasteiger partial charge in [0.05, 0.1) is 0 Å². The molecular formula is C19H20N2. The summed E-state index contributed by atoms with van der Waals surface area (Å²) in [5.74, 6) is 0. The lowest BCUT2D eigenvalue weighted by Gasteiger charge is -2.27. The van der Waals surface area contributed by atoms with Gasteiger partial charge >= 0.3 is 0 Å². The van der Waals surface area contributed by atoms with E-state index in [-0.39, 0.29) is 0 Å². The zero-order valence-corrected chi connectivity index (χ0v) is 12.1. The number of benzene rings is 2. The summed E-state index contributed by atoms with van der Waals surface area (Å²) in [6, 6.07) is 22.5. The van der Waals surface area contributed by atoms with Crippen LogP contribution in [0.4, 0.5) is 0 Å². The molecule has 0 spiro atoms. The highest BCUT2D eigenvalue weighted by atomic mass is 15.0. The lowest BCUT2D eigenvalue weighted by Crippen LogP contribution is -2.29. The third kappa shape index (κ3) is 2.26. The number of para-hydroxylation sites is 1. The van der Waals surface area contributed by atoms with Crippen molar-refractivity contribution in [2.45, 2.75) is 18.9 Å². The molecule has 3 aromatic rings. The molecular weight excluding hydrogens is 256 g/mol. The Hall–Kier alpha value is -2.06. The van der Waals surface area contributed by atoms with Gasteiger partial charge in [0.1, 0.15) is 0 Å². The molecule has 1 aliphatic heterocycles. The molecule has 1 N–H and O–H groups in total. The Balaban J connectivity index is 1.92. The van der Waals surface area contributed by atoms with Gasteiger partial charge in [-0.25, -0.2) is 0 Å². The van der Waals surface area contributed by atoms with Gasteiger partial charge in [0.15, 0.2) is 0 Å². The number of hydrogen-bond donors (Lipinski definition) is 1. The van der Waals surface area contributed by atoms with E-state index in [1.165, 1.54) is 35.0 Å². The van der Waals surface area contributed by atoms with Gasteiger partial charge in [-0.3, -0.25) is 0 Å². The molecule has 0 aliphatic carbocycles. The summed E-state index contributed by atoms with van der Waals surface area (Å²) >= 11 is 0. The summed E-state index contributed by atoms with van der Waals surface area (Å²) in [6.07, 6.45) is 2.41. The van der Waals surface area contributed by atoms with E-state index >= 15 is 0 Å². The number of aromatic nitrogens is 1. The zero-order chi connectivity index (χ0) is 14.1. The fourth-order valence-electron chi connectivity index (χ4n) is 3.47. The van der Waals surface area contributed by atoms with E-state index in [0.29, 0.717) is 6.04 Å². The maximum absolute atomic E-state index is 3.47. The largest absolute Gasteiger partial charge is 0.337 e. The summed E-state index contributed by atoms with van der Waals surface area (Å²) in [4.78, 5) is 0. The van der Waals surface area contributed by atoms with Crippen LogP contribution in [0.25, 0.3) is 22.2 Å². The van der Waals surface area contributed by atoms with Crippen molar-refractivity contribution >= 4 is 10.9 Å².